The van der Waals surface area contributed by atoms with Crippen LogP contribution in [0.1, 0.15) is 54.6 Å². The Morgan fingerprint density at radius 1 is 1.10 bits per heavy atom. The first-order valence-electron chi connectivity index (χ1n) is 14.1. The molecule has 1 aromatic heterocycles. The molecule has 0 aliphatic carbocycles. The molecular weight excluding hydrogens is 511 g/mol. The Balaban J connectivity index is 1.41. The van der Waals surface area contributed by atoms with Crippen LogP contribution in [0.25, 0.3) is 10.9 Å². The summed E-state index contributed by atoms with van der Waals surface area (Å²) in [4.78, 5) is 43.5. The maximum absolute atomic E-state index is 14.7. The first-order valence-corrected chi connectivity index (χ1v) is 14.1. The molecule has 2 bridgehead atoms. The topological polar surface area (TPSA) is 110 Å². The van der Waals surface area contributed by atoms with Crippen LogP contribution < -0.4 is 10.6 Å². The van der Waals surface area contributed by atoms with Gasteiger partial charge in [-0.1, -0.05) is 32.0 Å². The third-order valence-corrected chi connectivity index (χ3v) is 7.91. The summed E-state index contributed by atoms with van der Waals surface area (Å²) >= 11 is 0. The van der Waals surface area contributed by atoms with Gasteiger partial charge in [0.15, 0.2) is 0 Å². The van der Waals surface area contributed by atoms with Gasteiger partial charge in [-0.05, 0) is 60.9 Å². The van der Waals surface area contributed by atoms with E-state index in [-0.39, 0.29) is 35.9 Å². The molecule has 2 atom stereocenters. The molecule has 0 unspecified atom stereocenters. The molecule has 0 spiro atoms. The molecule has 9 nitrogen and oxygen atoms in total. The van der Waals surface area contributed by atoms with Crippen molar-refractivity contribution >= 4 is 28.6 Å². The second-order valence-corrected chi connectivity index (χ2v) is 11.2. The SMILES string of the molecule is CC(C)[C@@H]1CN(Cc2ccc3cn[nH]c3c2)CC(=O)NCCCc2ccc(F)c(c2)C(=O)N2CCC[C@H]2C(=O)N1. The van der Waals surface area contributed by atoms with Gasteiger partial charge >= 0.3 is 0 Å². The molecule has 212 valence electrons. The molecule has 2 aliphatic rings. The highest BCUT2D eigenvalue weighted by Crippen LogP contribution is 2.24. The van der Waals surface area contributed by atoms with E-state index in [9.17, 15) is 18.8 Å². The number of carbonyl (C=O) groups is 3. The van der Waals surface area contributed by atoms with E-state index in [1.54, 1.807) is 18.3 Å². The van der Waals surface area contributed by atoms with E-state index in [2.05, 4.69) is 20.8 Å². The number of amides is 3. The number of nitrogens with zero attached hydrogens (tertiary/aromatic N) is 3. The second-order valence-electron chi connectivity index (χ2n) is 11.2. The fourth-order valence-corrected chi connectivity index (χ4v) is 5.61. The molecular formula is C30H37FN6O3. The number of fused-ring (bicyclic) bond motifs is 4. The van der Waals surface area contributed by atoms with Crippen molar-refractivity contribution in [2.75, 3.05) is 26.2 Å². The zero-order chi connectivity index (χ0) is 28.2. The van der Waals surface area contributed by atoms with Gasteiger partial charge in [0.25, 0.3) is 5.91 Å². The Labute approximate surface area is 233 Å². The number of aromatic amines is 1. The van der Waals surface area contributed by atoms with Gasteiger partial charge in [0, 0.05) is 37.6 Å². The van der Waals surface area contributed by atoms with Crippen molar-refractivity contribution in [1.82, 2.24) is 30.6 Å². The molecule has 10 heteroatoms. The molecule has 40 heavy (non-hydrogen) atoms. The molecule has 3 N–H and O–H groups in total. The lowest BCUT2D eigenvalue weighted by molar-refractivity contribution is -0.126. The maximum atomic E-state index is 14.7. The number of rotatable bonds is 3. The van der Waals surface area contributed by atoms with Crippen LogP contribution in [0.15, 0.2) is 42.6 Å². The zero-order valence-corrected chi connectivity index (χ0v) is 23.1. The van der Waals surface area contributed by atoms with Crippen LogP contribution in [-0.4, -0.2) is 76.0 Å². The van der Waals surface area contributed by atoms with Crippen molar-refractivity contribution in [3.63, 3.8) is 0 Å². The summed E-state index contributed by atoms with van der Waals surface area (Å²) in [5.41, 5.74) is 2.76. The lowest BCUT2D eigenvalue weighted by Gasteiger charge is -2.32. The average molecular weight is 549 g/mol. The number of halogens is 1. The summed E-state index contributed by atoms with van der Waals surface area (Å²) in [6, 6.07) is 9.70. The average Bonchev–Trinajstić information content (AvgIpc) is 3.60. The number of carbonyl (C=O) groups excluding carboxylic acids is 3. The normalized spacial score (nSPS) is 21.8. The minimum atomic E-state index is -0.660. The van der Waals surface area contributed by atoms with E-state index in [0.29, 0.717) is 51.9 Å². The van der Waals surface area contributed by atoms with Crippen molar-refractivity contribution in [2.24, 2.45) is 5.92 Å². The number of aromatic nitrogens is 2. The van der Waals surface area contributed by atoms with Gasteiger partial charge in [-0.25, -0.2) is 4.39 Å². The fourth-order valence-electron chi connectivity index (χ4n) is 5.61. The molecule has 0 saturated carbocycles. The molecule has 3 heterocycles. The number of benzene rings is 2. The molecule has 3 aromatic rings. The van der Waals surface area contributed by atoms with Crippen molar-refractivity contribution < 1.29 is 18.8 Å². The summed E-state index contributed by atoms with van der Waals surface area (Å²) < 4.78 is 14.7. The van der Waals surface area contributed by atoms with E-state index in [0.717, 1.165) is 22.0 Å². The Morgan fingerprint density at radius 3 is 2.77 bits per heavy atom. The summed E-state index contributed by atoms with van der Waals surface area (Å²) in [6.07, 6.45) is 4.23. The Kier molecular flexibility index (Phi) is 8.44. The summed E-state index contributed by atoms with van der Waals surface area (Å²) in [5, 5.41) is 14.3. The van der Waals surface area contributed by atoms with Gasteiger partial charge in [0.1, 0.15) is 11.9 Å². The zero-order valence-electron chi connectivity index (χ0n) is 23.1. The monoisotopic (exact) mass is 548 g/mol. The van der Waals surface area contributed by atoms with Crippen LogP contribution in [0, 0.1) is 11.7 Å². The largest absolute Gasteiger partial charge is 0.355 e. The standard InChI is InChI=1S/C30H37FN6O3/c1-19(2)26-17-36(16-21-7-9-22-15-33-35-25(22)14-21)18-28(38)32-11-3-5-20-8-10-24(31)23(13-20)30(40)37-12-4-6-27(37)29(39)34-26/h7-10,13-15,19,26-27H,3-6,11-12,16-18H2,1-2H3,(H,32,38)(H,33,35)(H,34,39)/t26-,27-/m0/s1. The Morgan fingerprint density at radius 2 is 1.95 bits per heavy atom. The van der Waals surface area contributed by atoms with E-state index < -0.39 is 17.8 Å². The highest BCUT2D eigenvalue weighted by Gasteiger charge is 2.37. The van der Waals surface area contributed by atoms with Gasteiger partial charge in [0.05, 0.1) is 23.8 Å². The first-order chi connectivity index (χ1) is 19.3. The van der Waals surface area contributed by atoms with Crippen LogP contribution in [0.2, 0.25) is 0 Å². The van der Waals surface area contributed by atoms with Crippen molar-refractivity contribution in [3.05, 3.63) is 65.1 Å². The third kappa shape index (κ3) is 6.33. The van der Waals surface area contributed by atoms with Gasteiger partial charge in [-0.15, -0.1) is 0 Å². The molecule has 2 aromatic carbocycles. The number of hydrogen-bond acceptors (Lipinski definition) is 5. The minimum absolute atomic E-state index is 0.00799. The third-order valence-electron chi connectivity index (χ3n) is 7.91. The van der Waals surface area contributed by atoms with Crippen molar-refractivity contribution in [2.45, 2.75) is 58.2 Å². The number of H-pyrrole nitrogens is 1. The summed E-state index contributed by atoms with van der Waals surface area (Å²) in [7, 11) is 0. The molecule has 5 rings (SSSR count). The van der Waals surface area contributed by atoms with E-state index >= 15 is 0 Å². The molecule has 0 radical (unpaired) electrons. The molecule has 1 saturated heterocycles. The minimum Gasteiger partial charge on any atom is -0.355 e. The quantitative estimate of drug-likeness (QED) is 0.466. The fraction of sp³-hybridized carbons (Fsp3) is 0.467. The van der Waals surface area contributed by atoms with Gasteiger partial charge in [0.2, 0.25) is 11.8 Å². The van der Waals surface area contributed by atoms with Crippen LogP contribution in [0.3, 0.4) is 0 Å². The van der Waals surface area contributed by atoms with E-state index in [1.807, 2.05) is 36.9 Å². The van der Waals surface area contributed by atoms with Crippen LogP contribution in [0.5, 0.6) is 0 Å². The highest BCUT2D eigenvalue weighted by atomic mass is 19.1. The number of nitrogens with one attached hydrogen (secondary N) is 3. The molecule has 2 aliphatic heterocycles. The smallest absolute Gasteiger partial charge is 0.257 e. The van der Waals surface area contributed by atoms with Crippen LogP contribution >= 0.6 is 0 Å². The predicted molar refractivity (Wildman–Crippen MR) is 150 cm³/mol. The first kappa shape index (κ1) is 27.8. The summed E-state index contributed by atoms with van der Waals surface area (Å²) in [6.45, 7) is 6.07. The van der Waals surface area contributed by atoms with Gasteiger partial charge in [-0.2, -0.15) is 5.10 Å². The van der Waals surface area contributed by atoms with Crippen molar-refractivity contribution in [3.8, 4) is 0 Å². The summed E-state index contributed by atoms with van der Waals surface area (Å²) in [5.74, 6) is -1.31. The Hall–Kier alpha value is -3.79. The second kappa shape index (κ2) is 12.2. The lowest BCUT2D eigenvalue weighted by atomic mass is 10.0. The van der Waals surface area contributed by atoms with Gasteiger partial charge < -0.3 is 15.5 Å². The maximum Gasteiger partial charge on any atom is 0.257 e. The van der Waals surface area contributed by atoms with E-state index in [4.69, 9.17) is 0 Å². The molecule has 1 fully saturated rings. The van der Waals surface area contributed by atoms with Gasteiger partial charge in [-0.3, -0.25) is 24.4 Å². The molecule has 3 amide bonds. The van der Waals surface area contributed by atoms with Crippen molar-refractivity contribution in [1.29, 1.82) is 0 Å². The number of hydrogen-bond donors (Lipinski definition) is 3. The predicted octanol–water partition coefficient (Wildman–Crippen LogP) is 3.01. The lowest BCUT2D eigenvalue weighted by Crippen LogP contribution is -2.53. The van der Waals surface area contributed by atoms with Crippen LogP contribution in [-0.2, 0) is 22.6 Å². The van der Waals surface area contributed by atoms with E-state index in [1.165, 1.54) is 11.0 Å². The Bertz CT molecular complexity index is 1390. The highest BCUT2D eigenvalue weighted by molar-refractivity contribution is 5.98. The number of aryl methyl sites for hydroxylation is 1. The van der Waals surface area contributed by atoms with Crippen LogP contribution in [0.4, 0.5) is 4.39 Å².